The van der Waals surface area contributed by atoms with Crippen LogP contribution in [0.1, 0.15) is 26.2 Å². The van der Waals surface area contributed by atoms with Crippen LogP contribution in [0.4, 0.5) is 10.1 Å². The Hall–Kier alpha value is -1.29. The zero-order chi connectivity index (χ0) is 13.7. The molecule has 1 aromatic rings. The zero-order valence-electron chi connectivity index (χ0n) is 11.8. The third-order valence-corrected chi connectivity index (χ3v) is 3.80. The third-order valence-electron chi connectivity index (χ3n) is 3.80. The zero-order valence-corrected chi connectivity index (χ0v) is 11.8. The highest BCUT2D eigenvalue weighted by Gasteiger charge is 2.17. The SMILES string of the molecule is CCN1CCCC(Nc2cc(OC)ccc2F)CC1. The minimum Gasteiger partial charge on any atom is -0.497 e. The summed E-state index contributed by atoms with van der Waals surface area (Å²) in [6, 6.07) is 5.18. The maximum atomic E-state index is 13.8. The summed E-state index contributed by atoms with van der Waals surface area (Å²) in [7, 11) is 1.60. The smallest absolute Gasteiger partial charge is 0.146 e. The van der Waals surface area contributed by atoms with E-state index in [1.807, 2.05) is 0 Å². The number of ether oxygens (including phenoxy) is 1. The van der Waals surface area contributed by atoms with Crippen molar-refractivity contribution in [2.75, 3.05) is 32.1 Å². The Morgan fingerprint density at radius 3 is 2.95 bits per heavy atom. The summed E-state index contributed by atoms with van der Waals surface area (Å²) in [5.74, 6) is 0.477. The highest BCUT2D eigenvalue weighted by Crippen LogP contribution is 2.24. The summed E-state index contributed by atoms with van der Waals surface area (Å²) >= 11 is 0. The maximum absolute atomic E-state index is 13.8. The van der Waals surface area contributed by atoms with Crippen LogP contribution >= 0.6 is 0 Å². The van der Waals surface area contributed by atoms with Crippen molar-refractivity contribution in [3.63, 3.8) is 0 Å². The molecule has 1 atom stereocenters. The predicted octanol–water partition coefficient (Wildman–Crippen LogP) is 3.12. The molecule has 4 heteroatoms. The van der Waals surface area contributed by atoms with Crippen molar-refractivity contribution in [1.29, 1.82) is 0 Å². The van der Waals surface area contributed by atoms with Crippen molar-refractivity contribution < 1.29 is 9.13 Å². The van der Waals surface area contributed by atoms with E-state index in [2.05, 4.69) is 17.1 Å². The number of rotatable bonds is 4. The molecule has 1 N–H and O–H groups in total. The van der Waals surface area contributed by atoms with Gasteiger partial charge in [-0.2, -0.15) is 0 Å². The van der Waals surface area contributed by atoms with Crippen LogP contribution in [0.3, 0.4) is 0 Å². The van der Waals surface area contributed by atoms with Gasteiger partial charge < -0.3 is 15.0 Å². The van der Waals surface area contributed by atoms with Gasteiger partial charge in [-0.25, -0.2) is 4.39 Å². The number of hydrogen-bond donors (Lipinski definition) is 1. The highest BCUT2D eigenvalue weighted by molar-refractivity contribution is 5.50. The standard InChI is InChI=1S/C15H23FN2O/c1-3-18-9-4-5-12(8-10-18)17-15-11-13(19-2)6-7-14(15)16/h6-7,11-12,17H,3-5,8-10H2,1-2H3. The van der Waals surface area contributed by atoms with Gasteiger partial charge in [0.05, 0.1) is 12.8 Å². The third kappa shape index (κ3) is 3.83. The Morgan fingerprint density at radius 2 is 2.21 bits per heavy atom. The average molecular weight is 266 g/mol. The second-order valence-electron chi connectivity index (χ2n) is 5.05. The van der Waals surface area contributed by atoms with Crippen molar-refractivity contribution in [2.45, 2.75) is 32.2 Å². The van der Waals surface area contributed by atoms with Gasteiger partial charge in [0.2, 0.25) is 0 Å². The van der Waals surface area contributed by atoms with Crippen LogP contribution < -0.4 is 10.1 Å². The first-order valence-corrected chi connectivity index (χ1v) is 7.05. The second-order valence-corrected chi connectivity index (χ2v) is 5.05. The molecule has 0 saturated carbocycles. The second kappa shape index (κ2) is 6.75. The quantitative estimate of drug-likeness (QED) is 0.906. The molecule has 2 rings (SSSR count). The van der Waals surface area contributed by atoms with E-state index in [0.29, 0.717) is 17.5 Å². The van der Waals surface area contributed by atoms with E-state index in [4.69, 9.17) is 4.74 Å². The lowest BCUT2D eigenvalue weighted by Gasteiger charge is -2.19. The molecule has 106 valence electrons. The van der Waals surface area contributed by atoms with E-state index in [0.717, 1.165) is 38.9 Å². The summed E-state index contributed by atoms with van der Waals surface area (Å²) in [6.45, 7) is 5.52. The normalized spacial score (nSPS) is 20.9. The molecular weight excluding hydrogens is 243 g/mol. The topological polar surface area (TPSA) is 24.5 Å². The van der Waals surface area contributed by atoms with Crippen molar-refractivity contribution >= 4 is 5.69 Å². The first-order chi connectivity index (χ1) is 9.22. The number of nitrogens with one attached hydrogen (secondary N) is 1. The monoisotopic (exact) mass is 266 g/mol. The molecule has 1 fully saturated rings. The van der Waals surface area contributed by atoms with Crippen LogP contribution in [0.25, 0.3) is 0 Å². The maximum Gasteiger partial charge on any atom is 0.146 e. The molecule has 0 bridgehead atoms. The summed E-state index contributed by atoms with van der Waals surface area (Å²) < 4.78 is 18.9. The van der Waals surface area contributed by atoms with Gasteiger partial charge in [-0.3, -0.25) is 0 Å². The molecule has 1 aliphatic rings. The lowest BCUT2D eigenvalue weighted by Crippen LogP contribution is -2.26. The fourth-order valence-corrected chi connectivity index (χ4v) is 2.58. The molecule has 1 aliphatic heterocycles. The Kier molecular flexibility index (Phi) is 5.02. The number of halogens is 1. The number of methoxy groups -OCH3 is 1. The van der Waals surface area contributed by atoms with Crippen LogP contribution in [-0.2, 0) is 0 Å². The van der Waals surface area contributed by atoms with Gasteiger partial charge in [-0.05, 0) is 44.5 Å². The van der Waals surface area contributed by atoms with Crippen molar-refractivity contribution in [1.82, 2.24) is 4.90 Å². The van der Waals surface area contributed by atoms with Crippen LogP contribution in [-0.4, -0.2) is 37.7 Å². The number of likely N-dealkylation sites (tertiary alicyclic amines) is 1. The molecule has 0 spiro atoms. The van der Waals surface area contributed by atoms with Crippen LogP contribution in [0.2, 0.25) is 0 Å². The lowest BCUT2D eigenvalue weighted by molar-refractivity contribution is 0.300. The fraction of sp³-hybridized carbons (Fsp3) is 0.600. The number of benzene rings is 1. The molecule has 3 nitrogen and oxygen atoms in total. The molecule has 0 aromatic heterocycles. The van der Waals surface area contributed by atoms with Crippen molar-refractivity contribution in [3.8, 4) is 5.75 Å². The van der Waals surface area contributed by atoms with E-state index >= 15 is 0 Å². The van der Waals surface area contributed by atoms with E-state index in [9.17, 15) is 4.39 Å². The average Bonchev–Trinajstić information content (AvgIpc) is 2.66. The van der Waals surface area contributed by atoms with E-state index in [-0.39, 0.29) is 5.82 Å². The van der Waals surface area contributed by atoms with Gasteiger partial charge >= 0.3 is 0 Å². The van der Waals surface area contributed by atoms with Gasteiger partial charge in [-0.1, -0.05) is 6.92 Å². The number of anilines is 1. The molecule has 0 radical (unpaired) electrons. The first-order valence-electron chi connectivity index (χ1n) is 7.05. The van der Waals surface area contributed by atoms with E-state index < -0.39 is 0 Å². The molecule has 19 heavy (non-hydrogen) atoms. The summed E-state index contributed by atoms with van der Waals surface area (Å²) in [6.07, 6.45) is 3.31. The summed E-state index contributed by atoms with van der Waals surface area (Å²) in [5, 5.41) is 3.33. The van der Waals surface area contributed by atoms with Crippen molar-refractivity contribution in [2.24, 2.45) is 0 Å². The van der Waals surface area contributed by atoms with Crippen molar-refractivity contribution in [3.05, 3.63) is 24.0 Å². The number of hydrogen-bond acceptors (Lipinski definition) is 3. The Bertz CT molecular complexity index is 411. The van der Waals surface area contributed by atoms with Gasteiger partial charge in [0.25, 0.3) is 0 Å². The van der Waals surface area contributed by atoms with Gasteiger partial charge in [-0.15, -0.1) is 0 Å². The Labute approximate surface area is 114 Å². The largest absolute Gasteiger partial charge is 0.497 e. The minimum absolute atomic E-state index is 0.211. The van der Waals surface area contributed by atoms with Gasteiger partial charge in [0, 0.05) is 18.7 Å². The summed E-state index contributed by atoms with van der Waals surface area (Å²) in [5.41, 5.74) is 0.550. The molecule has 1 unspecified atom stereocenters. The van der Waals surface area contributed by atoms with Crippen LogP contribution in [0.15, 0.2) is 18.2 Å². The molecule has 0 aliphatic carbocycles. The molecule has 1 aromatic carbocycles. The molecule has 1 saturated heterocycles. The highest BCUT2D eigenvalue weighted by atomic mass is 19.1. The fourth-order valence-electron chi connectivity index (χ4n) is 2.58. The van der Waals surface area contributed by atoms with E-state index in [1.54, 1.807) is 19.2 Å². The van der Waals surface area contributed by atoms with E-state index in [1.165, 1.54) is 6.07 Å². The molecule has 0 amide bonds. The lowest BCUT2D eigenvalue weighted by atomic mass is 10.1. The molecule has 1 heterocycles. The predicted molar refractivity (Wildman–Crippen MR) is 76.3 cm³/mol. The van der Waals surface area contributed by atoms with Crippen LogP contribution in [0, 0.1) is 5.82 Å². The summed E-state index contributed by atoms with van der Waals surface area (Å²) in [4.78, 5) is 2.45. The Balaban J connectivity index is 2.00. The van der Waals surface area contributed by atoms with Crippen LogP contribution in [0.5, 0.6) is 5.75 Å². The van der Waals surface area contributed by atoms with Gasteiger partial charge in [0.1, 0.15) is 11.6 Å². The minimum atomic E-state index is -0.211. The van der Waals surface area contributed by atoms with Gasteiger partial charge in [0.15, 0.2) is 0 Å². The molecular formula is C15H23FN2O. The first kappa shape index (κ1) is 14.1. The Morgan fingerprint density at radius 1 is 1.37 bits per heavy atom. The number of nitrogens with zero attached hydrogens (tertiary/aromatic N) is 1.